The minimum atomic E-state index is -3.87. The minimum Gasteiger partial charge on any atom is -0.439 e. The van der Waals surface area contributed by atoms with Crippen LogP contribution in [0.25, 0.3) is 22.6 Å². The molecule has 0 saturated carbocycles. The lowest BCUT2D eigenvalue weighted by molar-refractivity contribution is -0.0949. The number of nitrogens with zero attached hydrogens (tertiary/aromatic N) is 2. The SMILES string of the molecule is COC1(c2cc(F)cc(O/C(Cc3nc(-c4ccccc4)c(-c4ccc(S(N)(=O)=O)cc4)o3)=N\O)c2)CCOCC1. The van der Waals surface area contributed by atoms with E-state index in [-0.39, 0.29) is 28.9 Å². The number of oxazole rings is 1. The zero-order chi connectivity index (χ0) is 29.0. The number of hydrogen-bond acceptors (Lipinski definition) is 9. The molecule has 1 aliphatic rings. The Hall–Kier alpha value is -4.10. The van der Waals surface area contributed by atoms with E-state index >= 15 is 0 Å². The first kappa shape index (κ1) is 28.4. The van der Waals surface area contributed by atoms with Gasteiger partial charge in [-0.1, -0.05) is 35.5 Å². The van der Waals surface area contributed by atoms with Crippen molar-refractivity contribution in [1.29, 1.82) is 0 Å². The van der Waals surface area contributed by atoms with Crippen LogP contribution in [-0.2, 0) is 31.5 Å². The lowest BCUT2D eigenvalue weighted by Crippen LogP contribution is -2.35. The van der Waals surface area contributed by atoms with Gasteiger partial charge in [-0.25, -0.2) is 22.9 Å². The molecule has 0 amide bonds. The fourth-order valence-electron chi connectivity index (χ4n) is 4.78. The van der Waals surface area contributed by atoms with Crippen molar-refractivity contribution in [2.24, 2.45) is 10.3 Å². The van der Waals surface area contributed by atoms with Gasteiger partial charge in [-0.15, -0.1) is 0 Å². The molecule has 1 aromatic heterocycles. The predicted octanol–water partition coefficient (Wildman–Crippen LogP) is 4.86. The van der Waals surface area contributed by atoms with Crippen LogP contribution in [0.1, 0.15) is 24.3 Å². The summed E-state index contributed by atoms with van der Waals surface area (Å²) in [7, 11) is -2.30. The molecule has 0 radical (unpaired) electrons. The Morgan fingerprint density at radius 1 is 1.07 bits per heavy atom. The van der Waals surface area contributed by atoms with Gasteiger partial charge < -0.3 is 23.8 Å². The third kappa shape index (κ3) is 6.30. The number of nitrogens with two attached hydrogens (primary N) is 1. The van der Waals surface area contributed by atoms with Crippen LogP contribution in [0.15, 0.2) is 87.3 Å². The fraction of sp³-hybridized carbons (Fsp3) is 0.241. The number of ether oxygens (including phenoxy) is 3. The maximum absolute atomic E-state index is 14.7. The average molecular weight is 582 g/mol. The molecule has 41 heavy (non-hydrogen) atoms. The zero-order valence-electron chi connectivity index (χ0n) is 22.1. The average Bonchev–Trinajstić information content (AvgIpc) is 3.40. The topological polar surface area (TPSA) is 146 Å². The van der Waals surface area contributed by atoms with Gasteiger partial charge in [0.15, 0.2) is 5.76 Å². The summed E-state index contributed by atoms with van der Waals surface area (Å²) < 4.78 is 61.1. The molecule has 0 spiro atoms. The van der Waals surface area contributed by atoms with Gasteiger partial charge in [0, 0.05) is 50.4 Å². The quantitative estimate of drug-likeness (QED) is 0.130. The first-order valence-corrected chi connectivity index (χ1v) is 14.3. The van der Waals surface area contributed by atoms with Gasteiger partial charge >= 0.3 is 0 Å². The molecule has 0 atom stereocenters. The Kier molecular flexibility index (Phi) is 8.18. The van der Waals surface area contributed by atoms with E-state index in [1.54, 1.807) is 25.3 Å². The number of rotatable bonds is 8. The molecule has 0 bridgehead atoms. The van der Waals surface area contributed by atoms with Gasteiger partial charge in [-0.3, -0.25) is 0 Å². The molecule has 12 heteroatoms. The molecule has 3 N–H and O–H groups in total. The summed E-state index contributed by atoms with van der Waals surface area (Å²) in [5.41, 5.74) is 1.64. The van der Waals surface area contributed by atoms with Crippen molar-refractivity contribution in [2.75, 3.05) is 20.3 Å². The van der Waals surface area contributed by atoms with Gasteiger partial charge in [0.05, 0.1) is 10.5 Å². The number of oxime groups is 1. The van der Waals surface area contributed by atoms with Gasteiger partial charge in [0.1, 0.15) is 23.7 Å². The van der Waals surface area contributed by atoms with Gasteiger partial charge in [0.2, 0.25) is 21.8 Å². The Morgan fingerprint density at radius 3 is 2.41 bits per heavy atom. The number of aromatic nitrogens is 1. The molecular formula is C29H28FN3O7S. The van der Waals surface area contributed by atoms with Crippen molar-refractivity contribution < 1.29 is 36.6 Å². The maximum Gasteiger partial charge on any atom is 0.240 e. The second kappa shape index (κ2) is 11.8. The highest BCUT2D eigenvalue weighted by molar-refractivity contribution is 7.89. The van der Waals surface area contributed by atoms with Crippen LogP contribution in [0, 0.1) is 5.82 Å². The Balaban J connectivity index is 1.44. The number of halogens is 1. The molecule has 2 heterocycles. The zero-order valence-corrected chi connectivity index (χ0v) is 22.9. The molecule has 5 rings (SSSR count). The van der Waals surface area contributed by atoms with Crippen molar-refractivity contribution >= 4 is 15.9 Å². The summed E-state index contributed by atoms with van der Waals surface area (Å²) in [5.74, 6) is -0.0950. The molecule has 0 unspecified atom stereocenters. The molecule has 0 aliphatic carbocycles. The molecule has 3 aromatic carbocycles. The second-order valence-corrected chi connectivity index (χ2v) is 11.0. The Labute approximate surface area is 236 Å². The van der Waals surface area contributed by atoms with E-state index in [4.69, 9.17) is 23.8 Å². The van der Waals surface area contributed by atoms with Crippen LogP contribution in [0.4, 0.5) is 4.39 Å². The van der Waals surface area contributed by atoms with Crippen LogP contribution in [-0.4, -0.2) is 44.8 Å². The van der Waals surface area contributed by atoms with Crippen LogP contribution >= 0.6 is 0 Å². The number of primary sulfonamides is 1. The van der Waals surface area contributed by atoms with E-state index in [2.05, 4.69) is 10.1 Å². The third-order valence-electron chi connectivity index (χ3n) is 6.90. The second-order valence-electron chi connectivity index (χ2n) is 9.48. The van der Waals surface area contributed by atoms with Crippen LogP contribution in [0.5, 0.6) is 5.75 Å². The number of hydrogen-bond donors (Lipinski definition) is 2. The highest BCUT2D eigenvalue weighted by Gasteiger charge is 2.35. The largest absolute Gasteiger partial charge is 0.439 e. The van der Waals surface area contributed by atoms with Gasteiger partial charge in [0.25, 0.3) is 0 Å². The summed E-state index contributed by atoms with van der Waals surface area (Å²) in [6, 6.07) is 19.3. The number of benzene rings is 3. The molecule has 214 valence electrons. The lowest BCUT2D eigenvalue weighted by atomic mass is 9.86. The van der Waals surface area contributed by atoms with Crippen LogP contribution < -0.4 is 9.88 Å². The summed E-state index contributed by atoms with van der Waals surface area (Å²) >= 11 is 0. The van der Waals surface area contributed by atoms with Crippen molar-refractivity contribution in [3.63, 3.8) is 0 Å². The van der Waals surface area contributed by atoms with E-state index < -0.39 is 21.4 Å². The standard InChI is InChI=1S/C29H28FN3O7S/c1-37-29(11-13-38-14-12-29)21-15-22(30)17-23(16-21)39-26(33-34)18-25-32-27(19-5-3-2-4-6-19)28(40-25)20-7-9-24(10-8-20)41(31,35)36/h2-10,15-17,34H,11-14,18H2,1H3,(H2,31,35,36)/b33-26-. The third-order valence-corrected chi connectivity index (χ3v) is 7.83. The van der Waals surface area contributed by atoms with E-state index in [0.717, 1.165) is 5.56 Å². The van der Waals surface area contributed by atoms with Crippen LogP contribution in [0.2, 0.25) is 0 Å². The highest BCUT2D eigenvalue weighted by Crippen LogP contribution is 2.38. The van der Waals surface area contributed by atoms with Gasteiger partial charge in [-0.2, -0.15) is 0 Å². The lowest BCUT2D eigenvalue weighted by Gasteiger charge is -2.36. The van der Waals surface area contributed by atoms with Crippen LogP contribution in [0.3, 0.4) is 0 Å². The van der Waals surface area contributed by atoms with E-state index in [1.165, 1.54) is 24.3 Å². The summed E-state index contributed by atoms with van der Waals surface area (Å²) in [6.45, 7) is 0.954. The molecule has 4 aromatic rings. The normalized spacial score (nSPS) is 15.5. The monoisotopic (exact) mass is 581 g/mol. The predicted molar refractivity (Wildman–Crippen MR) is 147 cm³/mol. The molecule has 1 aliphatic heterocycles. The fourth-order valence-corrected chi connectivity index (χ4v) is 5.29. The highest BCUT2D eigenvalue weighted by atomic mass is 32.2. The van der Waals surface area contributed by atoms with E-state index in [9.17, 15) is 18.0 Å². The molecular weight excluding hydrogens is 553 g/mol. The number of methoxy groups -OCH3 is 1. The smallest absolute Gasteiger partial charge is 0.240 e. The minimum absolute atomic E-state index is 0.0455. The molecule has 10 nitrogen and oxygen atoms in total. The van der Waals surface area contributed by atoms with Gasteiger partial charge in [-0.05, 0) is 42.0 Å². The summed E-state index contributed by atoms with van der Waals surface area (Å²) in [6.07, 6.45) is 0.931. The summed E-state index contributed by atoms with van der Waals surface area (Å²) in [5, 5.41) is 18.2. The Bertz CT molecular complexity index is 1650. The first-order chi connectivity index (χ1) is 19.7. The first-order valence-electron chi connectivity index (χ1n) is 12.7. The van der Waals surface area contributed by atoms with E-state index in [1.807, 2.05) is 30.3 Å². The Morgan fingerprint density at radius 2 is 1.78 bits per heavy atom. The summed E-state index contributed by atoms with van der Waals surface area (Å²) in [4.78, 5) is 4.56. The van der Waals surface area contributed by atoms with Crippen molar-refractivity contribution in [3.8, 4) is 28.3 Å². The van der Waals surface area contributed by atoms with Crippen molar-refractivity contribution in [2.45, 2.75) is 29.8 Å². The maximum atomic E-state index is 14.7. The van der Waals surface area contributed by atoms with Crippen molar-refractivity contribution in [3.05, 3.63) is 90.1 Å². The molecule has 1 fully saturated rings. The molecule has 1 saturated heterocycles. The number of sulfonamides is 1. The van der Waals surface area contributed by atoms with E-state index in [0.29, 0.717) is 48.6 Å². The van der Waals surface area contributed by atoms with Crippen molar-refractivity contribution in [1.82, 2.24) is 4.98 Å².